The van der Waals surface area contributed by atoms with E-state index in [1.165, 1.54) is 12.1 Å². The number of nitrogens with one attached hydrogen (secondary N) is 2. The lowest BCUT2D eigenvalue weighted by atomic mass is 10.2. The maximum absolute atomic E-state index is 12.5. The first-order valence-corrected chi connectivity index (χ1v) is 7.83. The summed E-state index contributed by atoms with van der Waals surface area (Å²) in [6.07, 6.45) is -1.18. The van der Waals surface area contributed by atoms with Gasteiger partial charge in [0.2, 0.25) is 5.96 Å². The lowest BCUT2D eigenvalue weighted by Crippen LogP contribution is -2.53. The number of amides is 1. The zero-order valence-corrected chi connectivity index (χ0v) is 13.7. The number of benzene rings is 1. The average molecular weight is 328 g/mol. The van der Waals surface area contributed by atoms with Gasteiger partial charge in [0.25, 0.3) is 10.0 Å². The fraction of sp³-hybridized carbons (Fsp3) is 0.385. The topological polar surface area (TPSA) is 126 Å². The predicted octanol–water partition coefficient (Wildman–Crippen LogP) is 1.32. The third-order valence-corrected chi connectivity index (χ3v) is 3.93. The fourth-order valence-corrected chi connectivity index (χ4v) is 2.58. The van der Waals surface area contributed by atoms with E-state index < -0.39 is 27.7 Å². The van der Waals surface area contributed by atoms with Gasteiger partial charge in [-0.05, 0) is 39.8 Å². The molecular weight excluding hydrogens is 308 g/mol. The second-order valence-corrected chi connectivity index (χ2v) is 7.38. The molecule has 0 saturated carbocycles. The van der Waals surface area contributed by atoms with Gasteiger partial charge in [-0.2, -0.15) is 8.42 Å². The Morgan fingerprint density at radius 1 is 1.27 bits per heavy atom. The van der Waals surface area contributed by atoms with Crippen LogP contribution in [0.5, 0.6) is 0 Å². The molecule has 122 valence electrons. The van der Waals surface area contributed by atoms with Gasteiger partial charge in [-0.15, -0.1) is 4.41 Å². The summed E-state index contributed by atoms with van der Waals surface area (Å²) in [6.45, 7) is 6.58. The van der Waals surface area contributed by atoms with Crippen molar-refractivity contribution in [3.63, 3.8) is 0 Å². The monoisotopic (exact) mass is 328 g/mol. The number of nitrogens with two attached hydrogens (primary N) is 1. The highest BCUT2D eigenvalue weighted by Gasteiger charge is 2.34. The van der Waals surface area contributed by atoms with Crippen LogP contribution in [-0.2, 0) is 14.8 Å². The number of rotatable bonds is 2. The Morgan fingerprint density at radius 3 is 2.18 bits per heavy atom. The number of carbonyl (C=O) groups is 1. The SMILES string of the molecule is Cc1ccc(S(=O)(=O)N(NC(=N)N)C(=O)OC(C)(C)C)cc1. The molecular formula is C13H20N4O4S. The minimum atomic E-state index is -4.26. The summed E-state index contributed by atoms with van der Waals surface area (Å²) in [4.78, 5) is 12.0. The number of guanidine groups is 1. The highest BCUT2D eigenvalue weighted by molar-refractivity contribution is 7.89. The van der Waals surface area contributed by atoms with Gasteiger partial charge in [-0.25, -0.2) is 10.2 Å². The van der Waals surface area contributed by atoms with Crippen LogP contribution in [0.1, 0.15) is 26.3 Å². The van der Waals surface area contributed by atoms with E-state index in [1.807, 2.05) is 5.43 Å². The van der Waals surface area contributed by atoms with Crippen LogP contribution in [0.2, 0.25) is 0 Å². The molecule has 0 aliphatic carbocycles. The van der Waals surface area contributed by atoms with E-state index >= 15 is 0 Å². The van der Waals surface area contributed by atoms with Gasteiger partial charge in [-0.1, -0.05) is 17.7 Å². The summed E-state index contributed by atoms with van der Waals surface area (Å²) in [5.74, 6) is -0.707. The normalized spacial score (nSPS) is 11.6. The molecule has 0 aliphatic rings. The molecule has 0 bridgehead atoms. The largest absolute Gasteiger partial charge is 0.444 e. The first-order valence-electron chi connectivity index (χ1n) is 6.39. The number of aryl methyl sites for hydroxylation is 1. The Bertz CT molecular complexity index is 662. The van der Waals surface area contributed by atoms with Gasteiger partial charge >= 0.3 is 6.09 Å². The molecule has 0 heterocycles. The zero-order chi connectivity index (χ0) is 17.1. The van der Waals surface area contributed by atoms with Crippen molar-refractivity contribution in [2.24, 2.45) is 5.73 Å². The second kappa shape index (κ2) is 6.22. The summed E-state index contributed by atoms with van der Waals surface area (Å²) in [5.41, 5.74) is 7.10. The number of sulfonamides is 1. The van der Waals surface area contributed by atoms with Crippen LogP contribution >= 0.6 is 0 Å². The van der Waals surface area contributed by atoms with Crippen LogP contribution in [0.4, 0.5) is 4.79 Å². The summed E-state index contributed by atoms with van der Waals surface area (Å²) in [7, 11) is -4.26. The molecule has 0 unspecified atom stereocenters. The highest BCUT2D eigenvalue weighted by Crippen LogP contribution is 2.18. The molecule has 4 N–H and O–H groups in total. The van der Waals surface area contributed by atoms with E-state index in [9.17, 15) is 13.2 Å². The molecule has 0 spiro atoms. The van der Waals surface area contributed by atoms with Crippen LogP contribution in [0.3, 0.4) is 0 Å². The Kier molecular flexibility index (Phi) is 5.02. The maximum atomic E-state index is 12.5. The minimum absolute atomic E-state index is 0.127. The minimum Gasteiger partial charge on any atom is -0.442 e. The van der Waals surface area contributed by atoms with E-state index in [1.54, 1.807) is 39.8 Å². The highest BCUT2D eigenvalue weighted by atomic mass is 32.2. The van der Waals surface area contributed by atoms with Gasteiger partial charge in [0.1, 0.15) is 5.60 Å². The number of ether oxygens (including phenoxy) is 1. The van der Waals surface area contributed by atoms with Gasteiger partial charge in [-0.3, -0.25) is 5.41 Å². The lowest BCUT2D eigenvalue weighted by Gasteiger charge is -2.26. The first-order chi connectivity index (χ1) is 9.93. The quantitative estimate of drug-likeness (QED) is 0.427. The summed E-state index contributed by atoms with van der Waals surface area (Å²) in [5, 5.41) is 7.18. The van der Waals surface area contributed by atoms with Crippen LogP contribution < -0.4 is 11.2 Å². The third-order valence-electron chi connectivity index (χ3n) is 2.34. The lowest BCUT2D eigenvalue weighted by molar-refractivity contribution is 0.0357. The number of hydrogen-bond donors (Lipinski definition) is 3. The molecule has 9 heteroatoms. The average Bonchev–Trinajstić information content (AvgIpc) is 2.34. The van der Waals surface area contributed by atoms with Gasteiger partial charge in [0.15, 0.2) is 0 Å². The number of nitrogens with zero attached hydrogens (tertiary/aromatic N) is 1. The summed E-state index contributed by atoms with van der Waals surface area (Å²) >= 11 is 0. The zero-order valence-electron chi connectivity index (χ0n) is 12.9. The molecule has 8 nitrogen and oxygen atoms in total. The molecule has 0 radical (unpaired) electrons. The van der Waals surface area contributed by atoms with Crippen LogP contribution in [0.15, 0.2) is 29.2 Å². The smallest absolute Gasteiger partial charge is 0.442 e. The fourth-order valence-electron chi connectivity index (χ4n) is 1.43. The number of hydrogen-bond acceptors (Lipinski definition) is 5. The Labute approximate surface area is 129 Å². The molecule has 1 rings (SSSR count). The van der Waals surface area contributed by atoms with Gasteiger partial charge < -0.3 is 10.5 Å². The van der Waals surface area contributed by atoms with Crippen molar-refractivity contribution >= 4 is 22.1 Å². The van der Waals surface area contributed by atoms with Crippen molar-refractivity contribution in [3.8, 4) is 0 Å². The molecule has 0 atom stereocenters. The maximum Gasteiger partial charge on any atom is 0.444 e. The predicted molar refractivity (Wildman–Crippen MR) is 81.5 cm³/mol. The van der Waals surface area contributed by atoms with Crippen molar-refractivity contribution in [1.29, 1.82) is 5.41 Å². The van der Waals surface area contributed by atoms with E-state index in [2.05, 4.69) is 0 Å². The first kappa shape index (κ1) is 17.8. The third kappa shape index (κ3) is 4.62. The molecule has 22 heavy (non-hydrogen) atoms. The van der Waals surface area contributed by atoms with Crippen LogP contribution in [0.25, 0.3) is 0 Å². The molecule has 1 aromatic carbocycles. The van der Waals surface area contributed by atoms with Crippen LogP contribution in [-0.4, -0.2) is 30.5 Å². The van der Waals surface area contributed by atoms with Crippen molar-refractivity contribution in [1.82, 2.24) is 9.84 Å². The van der Waals surface area contributed by atoms with E-state index in [0.29, 0.717) is 0 Å². The van der Waals surface area contributed by atoms with E-state index in [0.717, 1.165) is 5.56 Å². The van der Waals surface area contributed by atoms with Crippen molar-refractivity contribution in [2.75, 3.05) is 0 Å². The standard InChI is InChI=1S/C13H20N4O4S/c1-9-5-7-10(8-6-9)22(19,20)17(16-11(14)15)12(18)21-13(2,3)4/h5-8H,1-4H3,(H4,14,15,16). The van der Waals surface area contributed by atoms with Gasteiger partial charge in [0, 0.05) is 0 Å². The van der Waals surface area contributed by atoms with Crippen LogP contribution in [0, 0.1) is 12.3 Å². The second-order valence-electron chi connectivity index (χ2n) is 5.59. The summed E-state index contributed by atoms with van der Waals surface area (Å²) < 4.78 is 30.3. The summed E-state index contributed by atoms with van der Waals surface area (Å²) in [6, 6.07) is 5.88. The van der Waals surface area contributed by atoms with Crippen molar-refractivity contribution in [2.45, 2.75) is 38.2 Å². The Hall–Kier alpha value is -2.29. The van der Waals surface area contributed by atoms with Gasteiger partial charge in [0.05, 0.1) is 4.90 Å². The molecule has 0 fully saturated rings. The molecule has 0 aliphatic heterocycles. The molecule has 1 aromatic rings. The van der Waals surface area contributed by atoms with Crippen molar-refractivity contribution < 1.29 is 17.9 Å². The number of carbonyl (C=O) groups excluding carboxylic acids is 1. The Morgan fingerprint density at radius 2 is 1.77 bits per heavy atom. The molecule has 0 aromatic heterocycles. The van der Waals surface area contributed by atoms with E-state index in [-0.39, 0.29) is 9.31 Å². The number of hydrazine groups is 1. The van der Waals surface area contributed by atoms with Crippen molar-refractivity contribution in [3.05, 3.63) is 29.8 Å². The molecule has 0 saturated heterocycles. The molecule has 1 amide bonds. The van der Waals surface area contributed by atoms with E-state index in [4.69, 9.17) is 15.9 Å². The Balaban J connectivity index is 3.23.